The van der Waals surface area contributed by atoms with E-state index in [2.05, 4.69) is 31.4 Å². The molecule has 0 amide bonds. The van der Waals surface area contributed by atoms with E-state index in [4.69, 9.17) is 11.6 Å². The fourth-order valence-electron chi connectivity index (χ4n) is 1.62. The molecule has 6 heteroatoms. The maximum absolute atomic E-state index is 5.93. The number of hydrogen-bond acceptors (Lipinski definition) is 4. The molecule has 0 atom stereocenters. The van der Waals surface area contributed by atoms with Crippen molar-refractivity contribution in [1.82, 2.24) is 15.5 Å². The van der Waals surface area contributed by atoms with E-state index in [0.29, 0.717) is 11.1 Å². The smallest absolute Gasteiger partial charge is 0.148 e. The molecule has 18 heavy (non-hydrogen) atoms. The third-order valence-electron chi connectivity index (χ3n) is 2.75. The van der Waals surface area contributed by atoms with Gasteiger partial charge in [0.2, 0.25) is 0 Å². The monoisotopic (exact) mass is 343 g/mol. The van der Waals surface area contributed by atoms with Crippen LogP contribution in [0.25, 0.3) is 10.6 Å². The molecule has 3 nitrogen and oxygen atoms in total. The van der Waals surface area contributed by atoms with Crippen LogP contribution in [0.3, 0.4) is 0 Å². The molecule has 3 rings (SSSR count). The highest BCUT2D eigenvalue weighted by atomic mass is 79.9. The average Bonchev–Trinajstić information content (AvgIpc) is 3.05. The molecule has 0 aliphatic heterocycles. The Hall–Kier alpha value is -0.490. The van der Waals surface area contributed by atoms with Crippen LogP contribution in [-0.4, -0.2) is 16.2 Å². The number of nitrogens with one attached hydrogen (secondary N) is 1. The second-order valence-corrected chi connectivity index (χ2v) is 6.63. The van der Waals surface area contributed by atoms with Gasteiger partial charge in [-0.05, 0) is 31.0 Å². The van der Waals surface area contributed by atoms with Gasteiger partial charge in [-0.3, -0.25) is 0 Å². The van der Waals surface area contributed by atoms with E-state index < -0.39 is 0 Å². The Morgan fingerprint density at radius 1 is 1.39 bits per heavy atom. The van der Waals surface area contributed by atoms with Crippen molar-refractivity contribution in [2.24, 2.45) is 0 Å². The van der Waals surface area contributed by atoms with Crippen molar-refractivity contribution >= 4 is 38.9 Å². The summed E-state index contributed by atoms with van der Waals surface area (Å²) in [6, 6.07) is 6.40. The number of nitrogens with zero attached hydrogens (tertiary/aromatic N) is 2. The Labute approximate surface area is 123 Å². The molecular weight excluding hydrogens is 334 g/mol. The van der Waals surface area contributed by atoms with Gasteiger partial charge in [-0.25, -0.2) is 0 Å². The van der Waals surface area contributed by atoms with E-state index >= 15 is 0 Å². The summed E-state index contributed by atoms with van der Waals surface area (Å²) in [5.41, 5.74) is 1.04. The van der Waals surface area contributed by atoms with Crippen LogP contribution < -0.4 is 5.32 Å². The van der Waals surface area contributed by atoms with Crippen LogP contribution >= 0.6 is 38.9 Å². The number of hydrogen-bond donors (Lipinski definition) is 1. The lowest BCUT2D eigenvalue weighted by Crippen LogP contribution is -2.14. The molecule has 0 spiro atoms. The van der Waals surface area contributed by atoms with Crippen molar-refractivity contribution in [2.75, 3.05) is 0 Å². The minimum Gasteiger partial charge on any atom is -0.308 e. The fraction of sp³-hybridized carbons (Fsp3) is 0.333. The van der Waals surface area contributed by atoms with Crippen molar-refractivity contribution < 1.29 is 0 Å². The zero-order chi connectivity index (χ0) is 12.5. The van der Waals surface area contributed by atoms with E-state index in [0.717, 1.165) is 26.6 Å². The van der Waals surface area contributed by atoms with Crippen molar-refractivity contribution in [3.8, 4) is 10.6 Å². The Morgan fingerprint density at radius 3 is 2.94 bits per heavy atom. The minimum atomic E-state index is 0.694. The zero-order valence-corrected chi connectivity index (χ0v) is 12.6. The predicted octanol–water partition coefficient (Wildman–Crippen LogP) is 3.87. The summed E-state index contributed by atoms with van der Waals surface area (Å²) in [5, 5.41) is 14.5. The first-order valence-corrected chi connectivity index (χ1v) is 7.72. The van der Waals surface area contributed by atoms with Gasteiger partial charge in [0.25, 0.3) is 0 Å². The van der Waals surface area contributed by atoms with E-state index in [1.807, 2.05) is 18.2 Å². The van der Waals surface area contributed by atoms with E-state index in [-0.39, 0.29) is 0 Å². The van der Waals surface area contributed by atoms with Gasteiger partial charge in [-0.2, -0.15) is 0 Å². The lowest BCUT2D eigenvalue weighted by atomic mass is 10.2. The molecule has 1 aliphatic carbocycles. The molecule has 1 aromatic carbocycles. The SMILES string of the molecule is Clc1ccc(-c2nnc(CNC3CC3)s2)c(Br)c1. The lowest BCUT2D eigenvalue weighted by Gasteiger charge is -1.99. The molecule has 0 unspecified atom stereocenters. The van der Waals surface area contributed by atoms with E-state index in [1.54, 1.807) is 11.3 Å². The first-order chi connectivity index (χ1) is 8.72. The predicted molar refractivity (Wildman–Crippen MR) is 77.9 cm³/mol. The number of benzene rings is 1. The minimum absolute atomic E-state index is 0.694. The molecule has 1 aromatic heterocycles. The second-order valence-electron chi connectivity index (χ2n) is 4.28. The molecule has 0 radical (unpaired) electrons. The summed E-state index contributed by atoms with van der Waals surface area (Å²) < 4.78 is 0.952. The largest absolute Gasteiger partial charge is 0.308 e. The van der Waals surface area contributed by atoms with Crippen LogP contribution in [0.2, 0.25) is 5.02 Å². The molecule has 94 valence electrons. The molecule has 1 aliphatic rings. The molecule has 0 saturated heterocycles. The van der Waals surface area contributed by atoms with Gasteiger partial charge in [0.05, 0.1) is 0 Å². The van der Waals surface area contributed by atoms with Gasteiger partial charge in [0, 0.05) is 27.6 Å². The number of aromatic nitrogens is 2. The number of halogens is 2. The Kier molecular flexibility index (Phi) is 3.66. The van der Waals surface area contributed by atoms with Gasteiger partial charge < -0.3 is 5.32 Å². The normalized spacial score (nSPS) is 15.0. The van der Waals surface area contributed by atoms with Crippen LogP contribution in [-0.2, 0) is 6.54 Å². The molecule has 1 fully saturated rings. The van der Waals surface area contributed by atoms with Gasteiger partial charge >= 0.3 is 0 Å². The van der Waals surface area contributed by atoms with Crippen LogP contribution in [0, 0.1) is 0 Å². The quantitative estimate of drug-likeness (QED) is 0.915. The van der Waals surface area contributed by atoms with Crippen molar-refractivity contribution in [1.29, 1.82) is 0 Å². The Balaban J connectivity index is 1.78. The highest BCUT2D eigenvalue weighted by Gasteiger charge is 2.21. The second kappa shape index (κ2) is 5.25. The van der Waals surface area contributed by atoms with Crippen LogP contribution in [0.1, 0.15) is 17.8 Å². The third kappa shape index (κ3) is 2.91. The van der Waals surface area contributed by atoms with Crippen LogP contribution in [0.5, 0.6) is 0 Å². The van der Waals surface area contributed by atoms with Crippen molar-refractivity contribution in [3.63, 3.8) is 0 Å². The van der Waals surface area contributed by atoms with Crippen molar-refractivity contribution in [2.45, 2.75) is 25.4 Å². The molecule has 2 aromatic rings. The summed E-state index contributed by atoms with van der Waals surface area (Å²) >= 11 is 11.1. The van der Waals surface area contributed by atoms with Crippen molar-refractivity contribution in [3.05, 3.63) is 32.7 Å². The average molecular weight is 345 g/mol. The first kappa shape index (κ1) is 12.5. The first-order valence-electron chi connectivity index (χ1n) is 5.73. The summed E-state index contributed by atoms with van der Waals surface area (Å²) in [7, 11) is 0. The Bertz CT molecular complexity index is 568. The molecule has 0 bridgehead atoms. The summed E-state index contributed by atoms with van der Waals surface area (Å²) in [5.74, 6) is 0. The lowest BCUT2D eigenvalue weighted by molar-refractivity contribution is 0.679. The maximum atomic E-state index is 5.93. The summed E-state index contributed by atoms with van der Waals surface area (Å²) in [4.78, 5) is 0. The third-order valence-corrected chi connectivity index (χ3v) is 4.60. The molecule has 1 heterocycles. The maximum Gasteiger partial charge on any atom is 0.148 e. The van der Waals surface area contributed by atoms with Gasteiger partial charge in [0.15, 0.2) is 0 Å². The summed E-state index contributed by atoms with van der Waals surface area (Å²) in [6.45, 7) is 0.813. The topological polar surface area (TPSA) is 37.8 Å². The standard InChI is InChI=1S/C12H11BrClN3S/c13-10-5-7(14)1-4-9(10)12-17-16-11(18-12)6-15-8-2-3-8/h1,4-5,8,15H,2-3,6H2. The Morgan fingerprint density at radius 2 is 2.22 bits per heavy atom. The fourth-order valence-corrected chi connectivity index (χ4v) is 3.45. The molecule has 1 N–H and O–H groups in total. The van der Waals surface area contributed by atoms with Crippen LogP contribution in [0.15, 0.2) is 22.7 Å². The highest BCUT2D eigenvalue weighted by Crippen LogP contribution is 2.32. The van der Waals surface area contributed by atoms with Gasteiger partial charge in [-0.15, -0.1) is 10.2 Å². The van der Waals surface area contributed by atoms with Crippen LogP contribution in [0.4, 0.5) is 0 Å². The number of rotatable bonds is 4. The molecule has 1 saturated carbocycles. The highest BCUT2D eigenvalue weighted by molar-refractivity contribution is 9.10. The van der Waals surface area contributed by atoms with Gasteiger partial charge in [-0.1, -0.05) is 38.9 Å². The van der Waals surface area contributed by atoms with E-state index in [9.17, 15) is 0 Å². The zero-order valence-electron chi connectivity index (χ0n) is 9.49. The van der Waals surface area contributed by atoms with Gasteiger partial charge in [0.1, 0.15) is 10.0 Å². The van der Waals surface area contributed by atoms with E-state index in [1.165, 1.54) is 12.8 Å². The summed E-state index contributed by atoms with van der Waals surface area (Å²) in [6.07, 6.45) is 2.57. The molecular formula is C12H11BrClN3S.